The van der Waals surface area contributed by atoms with Gasteiger partial charge in [-0.05, 0) is 36.6 Å². The summed E-state index contributed by atoms with van der Waals surface area (Å²) in [5, 5.41) is 11.6. The van der Waals surface area contributed by atoms with Crippen LogP contribution in [0.4, 0.5) is 16.4 Å². The van der Waals surface area contributed by atoms with E-state index in [4.69, 9.17) is 23.2 Å². The number of amides is 2. The van der Waals surface area contributed by atoms with E-state index in [2.05, 4.69) is 45.1 Å². The highest BCUT2D eigenvalue weighted by molar-refractivity contribution is 7.13. The molecule has 0 unspecified atom stereocenters. The number of rotatable bonds is 5. The van der Waals surface area contributed by atoms with Crippen molar-refractivity contribution in [2.75, 3.05) is 10.7 Å². The number of carbonyl (C=O) groups is 1. The summed E-state index contributed by atoms with van der Waals surface area (Å²) in [4.78, 5) is 21.4. The number of anilines is 2. The average molecular weight is 490 g/mol. The van der Waals surface area contributed by atoms with Crippen LogP contribution in [0.3, 0.4) is 0 Å². The predicted octanol–water partition coefficient (Wildman–Crippen LogP) is 5.98. The average Bonchev–Trinajstić information content (AvgIpc) is 3.32. The molecule has 0 aliphatic heterocycles. The second-order valence-electron chi connectivity index (χ2n) is 7.53. The highest BCUT2D eigenvalue weighted by Crippen LogP contribution is 2.31. The van der Waals surface area contributed by atoms with Gasteiger partial charge >= 0.3 is 6.03 Å². The Bertz CT molecular complexity index is 1320. The van der Waals surface area contributed by atoms with Gasteiger partial charge in [-0.1, -0.05) is 43.1 Å². The zero-order valence-corrected chi connectivity index (χ0v) is 20.2. The maximum Gasteiger partial charge on any atom is 0.339 e. The fourth-order valence-corrected chi connectivity index (χ4v) is 4.41. The Morgan fingerprint density at radius 3 is 2.62 bits per heavy atom. The summed E-state index contributed by atoms with van der Waals surface area (Å²) < 4.78 is 1.74. The molecule has 1 aromatic carbocycles. The van der Waals surface area contributed by atoms with Crippen LogP contribution in [0.15, 0.2) is 29.6 Å². The number of fused-ring (bicyclic) bond motifs is 1. The van der Waals surface area contributed by atoms with E-state index >= 15 is 0 Å². The minimum absolute atomic E-state index is 0.271. The SMILES string of the molecule is Cc1nn(C)c2nc(NNC(=O)Nc3csc(-c4ccc(Cl)c(Cl)c4)n3)cc(C(C)C)c12. The lowest BCUT2D eigenvalue weighted by Gasteiger charge is -2.13. The molecule has 0 aliphatic rings. The third kappa shape index (κ3) is 4.50. The van der Waals surface area contributed by atoms with Crippen LogP contribution in [-0.4, -0.2) is 25.8 Å². The number of pyridine rings is 1. The Morgan fingerprint density at radius 2 is 1.91 bits per heavy atom. The quantitative estimate of drug-likeness (QED) is 0.299. The zero-order valence-electron chi connectivity index (χ0n) is 17.8. The van der Waals surface area contributed by atoms with Gasteiger partial charge in [-0.3, -0.25) is 15.4 Å². The maximum atomic E-state index is 12.4. The molecule has 0 bridgehead atoms. The first-order valence-corrected chi connectivity index (χ1v) is 11.4. The van der Waals surface area contributed by atoms with E-state index in [-0.39, 0.29) is 5.92 Å². The second kappa shape index (κ2) is 8.93. The Labute approximate surface area is 198 Å². The normalized spacial score (nSPS) is 11.2. The van der Waals surface area contributed by atoms with Crippen molar-refractivity contribution >= 4 is 63.2 Å². The van der Waals surface area contributed by atoms with Crippen molar-refractivity contribution in [1.82, 2.24) is 25.2 Å². The molecule has 0 atom stereocenters. The van der Waals surface area contributed by atoms with Gasteiger partial charge in [0.25, 0.3) is 0 Å². The van der Waals surface area contributed by atoms with E-state index < -0.39 is 6.03 Å². The van der Waals surface area contributed by atoms with Crippen LogP contribution in [0.25, 0.3) is 21.6 Å². The van der Waals surface area contributed by atoms with Crippen LogP contribution in [0.1, 0.15) is 31.0 Å². The van der Waals surface area contributed by atoms with Crippen molar-refractivity contribution in [3.63, 3.8) is 0 Å². The Morgan fingerprint density at radius 1 is 1.12 bits per heavy atom. The maximum absolute atomic E-state index is 12.4. The first-order chi connectivity index (χ1) is 15.2. The highest BCUT2D eigenvalue weighted by atomic mass is 35.5. The van der Waals surface area contributed by atoms with Gasteiger partial charge in [0.2, 0.25) is 0 Å². The first-order valence-electron chi connectivity index (χ1n) is 9.81. The van der Waals surface area contributed by atoms with E-state index in [0.717, 1.165) is 27.9 Å². The van der Waals surface area contributed by atoms with Crippen LogP contribution in [0, 0.1) is 6.92 Å². The number of aryl methyl sites for hydroxylation is 2. The number of aromatic nitrogens is 4. The number of urea groups is 1. The molecule has 8 nitrogen and oxygen atoms in total. The topological polar surface area (TPSA) is 96.8 Å². The van der Waals surface area contributed by atoms with Gasteiger partial charge in [0.05, 0.1) is 15.7 Å². The molecule has 0 spiro atoms. The van der Waals surface area contributed by atoms with Crippen molar-refractivity contribution < 1.29 is 4.79 Å². The second-order valence-corrected chi connectivity index (χ2v) is 9.20. The molecule has 166 valence electrons. The summed E-state index contributed by atoms with van der Waals surface area (Å²) >= 11 is 13.4. The molecule has 3 N–H and O–H groups in total. The highest BCUT2D eigenvalue weighted by Gasteiger charge is 2.16. The smallest absolute Gasteiger partial charge is 0.290 e. The zero-order chi connectivity index (χ0) is 23.0. The van der Waals surface area contributed by atoms with E-state index in [1.165, 1.54) is 11.3 Å². The van der Waals surface area contributed by atoms with Crippen molar-refractivity contribution in [1.29, 1.82) is 0 Å². The summed E-state index contributed by atoms with van der Waals surface area (Å²) in [6.07, 6.45) is 0. The number of hydrogen-bond acceptors (Lipinski definition) is 6. The third-order valence-electron chi connectivity index (χ3n) is 4.84. The van der Waals surface area contributed by atoms with Gasteiger partial charge in [0.15, 0.2) is 5.65 Å². The molecule has 0 aliphatic carbocycles. The summed E-state index contributed by atoms with van der Waals surface area (Å²) in [5.41, 5.74) is 9.08. The van der Waals surface area contributed by atoms with Crippen molar-refractivity contribution in [3.05, 3.63) is 50.9 Å². The molecular formula is C21H21Cl2N7OS. The summed E-state index contributed by atoms with van der Waals surface area (Å²) in [6, 6.07) is 6.73. The molecular weight excluding hydrogens is 469 g/mol. The van der Waals surface area contributed by atoms with Crippen LogP contribution >= 0.6 is 34.5 Å². The fraction of sp³-hybridized carbons (Fsp3) is 0.238. The van der Waals surface area contributed by atoms with Crippen molar-refractivity contribution in [2.45, 2.75) is 26.7 Å². The van der Waals surface area contributed by atoms with E-state index in [0.29, 0.717) is 26.7 Å². The van der Waals surface area contributed by atoms with Gasteiger partial charge in [-0.15, -0.1) is 11.3 Å². The first kappa shape index (κ1) is 22.3. The number of carbonyl (C=O) groups excluding carboxylic acids is 1. The lowest BCUT2D eigenvalue weighted by Crippen LogP contribution is -2.34. The van der Waals surface area contributed by atoms with Crippen LogP contribution in [-0.2, 0) is 7.05 Å². The van der Waals surface area contributed by atoms with Crippen LogP contribution in [0.2, 0.25) is 10.0 Å². The van der Waals surface area contributed by atoms with Crippen molar-refractivity contribution in [3.8, 4) is 10.6 Å². The number of thiazole rings is 1. The van der Waals surface area contributed by atoms with Crippen LogP contribution < -0.4 is 16.2 Å². The van der Waals surface area contributed by atoms with E-state index in [9.17, 15) is 4.79 Å². The Balaban J connectivity index is 1.45. The predicted molar refractivity (Wildman–Crippen MR) is 131 cm³/mol. The van der Waals surface area contributed by atoms with Gasteiger partial charge < -0.3 is 0 Å². The molecule has 4 aromatic rings. The van der Waals surface area contributed by atoms with Gasteiger partial charge in [-0.25, -0.2) is 20.2 Å². The summed E-state index contributed by atoms with van der Waals surface area (Å²) in [5.74, 6) is 1.21. The van der Waals surface area contributed by atoms with Gasteiger partial charge in [-0.2, -0.15) is 5.10 Å². The lowest BCUT2D eigenvalue weighted by molar-refractivity contribution is 0.253. The largest absolute Gasteiger partial charge is 0.339 e. The molecule has 2 amide bonds. The molecule has 3 aromatic heterocycles. The van der Waals surface area contributed by atoms with Crippen LogP contribution in [0.5, 0.6) is 0 Å². The minimum Gasteiger partial charge on any atom is -0.290 e. The lowest BCUT2D eigenvalue weighted by atomic mass is 10.00. The molecule has 32 heavy (non-hydrogen) atoms. The number of benzene rings is 1. The van der Waals surface area contributed by atoms with E-state index in [1.807, 2.05) is 26.1 Å². The minimum atomic E-state index is -0.467. The molecule has 4 rings (SSSR count). The fourth-order valence-electron chi connectivity index (χ4n) is 3.36. The molecule has 0 saturated heterocycles. The van der Waals surface area contributed by atoms with Gasteiger partial charge in [0.1, 0.15) is 16.6 Å². The molecule has 0 saturated carbocycles. The number of nitrogens with zero attached hydrogens (tertiary/aromatic N) is 4. The monoisotopic (exact) mass is 489 g/mol. The molecule has 11 heteroatoms. The Hall–Kier alpha value is -2.88. The molecule has 3 heterocycles. The standard InChI is InChI=1S/C21H21Cl2N7OS/c1-10(2)13-8-16(24-19-18(13)11(3)29-30(19)4)27-28-21(31)26-17-9-32-20(25-17)12-5-6-14(22)15(23)7-12/h5-10H,1-4H3,(H,24,27)(H2,26,28,31). The number of hydrazine groups is 1. The van der Waals surface area contributed by atoms with Crippen molar-refractivity contribution in [2.24, 2.45) is 7.05 Å². The number of nitrogens with one attached hydrogen (secondary N) is 3. The van der Waals surface area contributed by atoms with E-state index in [1.54, 1.807) is 22.2 Å². The third-order valence-corrected chi connectivity index (χ3v) is 6.47. The number of hydrogen-bond donors (Lipinski definition) is 3. The number of halogens is 2. The summed E-state index contributed by atoms with van der Waals surface area (Å²) in [7, 11) is 1.85. The molecule has 0 fully saturated rings. The van der Waals surface area contributed by atoms with Gasteiger partial charge in [0, 0.05) is 23.4 Å². The summed E-state index contributed by atoms with van der Waals surface area (Å²) in [6.45, 7) is 6.19. The Kier molecular flexibility index (Phi) is 6.23. The molecule has 0 radical (unpaired) electrons.